The Morgan fingerprint density at radius 2 is 0.582 bits per heavy atom. The molecular formula is C112H143Cl9F11N7O7. The topological polar surface area (TPSA) is 155 Å². The van der Waals surface area contributed by atoms with Crippen LogP contribution in [0.25, 0.3) is 11.1 Å². The van der Waals surface area contributed by atoms with Crippen LogP contribution in [0, 0.1) is 42.1 Å². The highest BCUT2D eigenvalue weighted by Crippen LogP contribution is 2.38. The van der Waals surface area contributed by atoms with E-state index in [1.807, 2.05) is 156 Å². The average Bonchev–Trinajstić information content (AvgIpc) is 0.817. The van der Waals surface area contributed by atoms with E-state index >= 15 is 0 Å². The Morgan fingerprint density at radius 3 is 0.870 bits per heavy atom. The van der Waals surface area contributed by atoms with Gasteiger partial charge in [-0.2, -0.15) is 27.8 Å². The van der Waals surface area contributed by atoms with Gasteiger partial charge in [-0.1, -0.05) is 309 Å². The molecule has 0 aliphatic rings. The van der Waals surface area contributed by atoms with E-state index in [2.05, 4.69) is 161 Å². The molecule has 0 fully saturated rings. The number of halogens is 20. The van der Waals surface area contributed by atoms with Crippen LogP contribution in [0.4, 0.5) is 48.3 Å². The average molecular weight is 2230 g/mol. The summed E-state index contributed by atoms with van der Waals surface area (Å²) in [4.78, 5) is 20.2. The molecule has 0 amide bonds. The molecule has 11 aromatic rings. The van der Waals surface area contributed by atoms with Crippen LogP contribution in [0.5, 0.6) is 40.9 Å². The van der Waals surface area contributed by atoms with Crippen molar-refractivity contribution in [1.29, 1.82) is 0 Å². The first-order valence-electron chi connectivity index (χ1n) is 47.9. The molecule has 14 nitrogen and oxygen atoms in total. The van der Waals surface area contributed by atoms with Crippen LogP contribution in [-0.2, 0) is 0 Å². The Hall–Kier alpha value is -8.63. The summed E-state index contributed by atoms with van der Waals surface area (Å²) < 4.78 is 173. The van der Waals surface area contributed by atoms with Gasteiger partial charge in [0.2, 0.25) is 29.4 Å². The third-order valence-corrected chi connectivity index (χ3v) is 23.0. The van der Waals surface area contributed by atoms with Gasteiger partial charge in [0.05, 0.1) is 70.5 Å². The van der Waals surface area contributed by atoms with Crippen molar-refractivity contribution < 1.29 is 81.5 Å². The summed E-state index contributed by atoms with van der Waals surface area (Å²) in [5.41, 5.74) is 13.0. The maximum atomic E-state index is 13.5. The summed E-state index contributed by atoms with van der Waals surface area (Å²) in [5.74, 6) is -1.46. The first-order chi connectivity index (χ1) is 67.9. The zero-order valence-electron chi connectivity index (χ0n) is 88.9. The number of ether oxygens (including phenoxy) is 7. The second-order valence-corrected chi connectivity index (χ2v) is 42.2. The van der Waals surface area contributed by atoms with Gasteiger partial charge in [0, 0.05) is 42.1 Å². The maximum absolute atomic E-state index is 13.5. The fourth-order valence-electron chi connectivity index (χ4n) is 11.4. The first-order valence-corrected chi connectivity index (χ1v) is 51.3. The lowest BCUT2D eigenvalue weighted by atomic mass is 9.93. The van der Waals surface area contributed by atoms with Gasteiger partial charge in [0.15, 0.2) is 13.2 Å². The van der Waals surface area contributed by atoms with Crippen LogP contribution in [-0.4, -0.2) is 106 Å². The number of hydrogen-bond donors (Lipinski definition) is 0. The summed E-state index contributed by atoms with van der Waals surface area (Å²) in [6, 6.07) is 35.5. The second-order valence-electron chi connectivity index (χ2n) is 38.6. The van der Waals surface area contributed by atoms with Crippen molar-refractivity contribution in [3.05, 3.63) is 289 Å². The molecule has 6 heterocycles. The molecule has 0 bridgehead atoms. The van der Waals surface area contributed by atoms with Crippen LogP contribution in [0.1, 0.15) is 314 Å². The van der Waals surface area contributed by atoms with Gasteiger partial charge >= 0.3 is 24.7 Å². The van der Waals surface area contributed by atoms with Crippen molar-refractivity contribution in [3.63, 3.8) is 0 Å². The molecule has 0 unspecified atom stereocenters. The molecule has 146 heavy (non-hydrogen) atoms. The number of benzene rings is 5. The molecule has 34 heteroatoms. The number of aromatic nitrogens is 7. The number of nitrogens with zero attached hydrogens (tertiary/aromatic N) is 7. The number of alkyl halides is 8. The molecule has 6 aromatic heterocycles. The first kappa shape index (κ1) is 133. The molecule has 0 aliphatic carbocycles. The Labute approximate surface area is 903 Å². The highest BCUT2D eigenvalue weighted by atomic mass is 35.5. The molecule has 11 rings (SSSR count). The summed E-state index contributed by atoms with van der Waals surface area (Å²) in [5, 5.41) is 11.3. The third kappa shape index (κ3) is 49.9. The Bertz CT molecular complexity index is 5390. The summed E-state index contributed by atoms with van der Waals surface area (Å²) in [6.07, 6.45) is 4.20. The molecule has 0 saturated heterocycles. The minimum Gasteiger partial charge on any atom is -0.495 e. The van der Waals surface area contributed by atoms with E-state index < -0.39 is 37.9 Å². The minimum atomic E-state index is -4.22. The van der Waals surface area contributed by atoms with Crippen molar-refractivity contribution in [2.45, 2.75) is 291 Å². The molecule has 0 N–H and O–H groups in total. The number of rotatable bonds is 31. The third-order valence-electron chi connectivity index (χ3n) is 20.5. The van der Waals surface area contributed by atoms with Crippen LogP contribution >= 0.6 is 104 Å². The molecule has 0 aliphatic heterocycles. The normalized spacial score (nSPS) is 11.2. The monoisotopic (exact) mass is 2220 g/mol. The minimum absolute atomic E-state index is 0.0197. The van der Waals surface area contributed by atoms with E-state index in [-0.39, 0.29) is 73.2 Å². The summed E-state index contributed by atoms with van der Waals surface area (Å²) in [7, 11) is 1.62. The van der Waals surface area contributed by atoms with E-state index in [9.17, 15) is 48.3 Å². The Morgan fingerprint density at radius 1 is 0.288 bits per heavy atom. The molecule has 808 valence electrons. The van der Waals surface area contributed by atoms with E-state index in [1.165, 1.54) is 47.8 Å². The Balaban J connectivity index is 0.000000550. The fourth-order valence-corrected chi connectivity index (χ4v) is 13.4. The fraction of sp³-hybridized carbons (Fsp3) is 0.473. The van der Waals surface area contributed by atoms with Gasteiger partial charge in [-0.15, -0.1) is 0 Å². The quantitative estimate of drug-likeness (QED) is 0.0378. The smallest absolute Gasteiger partial charge is 0.340 e. The van der Waals surface area contributed by atoms with Crippen LogP contribution < -0.4 is 33.2 Å². The lowest BCUT2D eigenvalue weighted by molar-refractivity contribution is -0.148. The second kappa shape index (κ2) is 66.8. The summed E-state index contributed by atoms with van der Waals surface area (Å²) >= 11 is 53.0. The largest absolute Gasteiger partial charge is 0.495 e. The molecule has 0 spiro atoms. The predicted octanol–water partition coefficient (Wildman–Crippen LogP) is 38.6. The standard InChI is InChI=1S/C13H12ClFN2.C13H19ClO.2C12H18ClNO.C12H15F4NO.C11H12ClF4NO.C11H16ClNO.C10H13ClO.2C9H10ClF/c1-8(2)10-6-13(15)12(14)5-11(10)9-3-4-16-17-7-9;1-9(2)8-15-13-6-5-11(10(3)4)7-12(13)14;2*1-8(2)7-15-12-11(13)5-10(6-14-12)9(3)4;1-7(2)9-4-8(3)10(17-5-9)18-6-12(15,16)11(13)14;1-6(2)7-3-8(12)9(17-4-7)18-5-11(15,16)10(13)14;1-7(2)9-5-10(12)11(13-6-9)14-8(3)4;1-7(2)8-4-5-10(12-3)9(11)6-8;2*1-6(2)7-3-4-9(11)8(10)5-7/h3-8H,1-2H3;5-7,9-10H,8H2,1-4H3;2*5-6,8-9H,7H2,1-4H3;4-5,7,11H,6H2,1-3H3;3-4,6,10H,5H2,1-2H3;5-8H,1-4H3;4-7H,1-3H3;2*3-6H,1-2H3. The van der Waals surface area contributed by atoms with Crippen molar-refractivity contribution >= 4 is 104 Å². The van der Waals surface area contributed by atoms with E-state index in [4.69, 9.17) is 128 Å². The molecular weight excluding hydrogens is 2080 g/mol. The molecule has 0 atom stereocenters. The van der Waals surface area contributed by atoms with Crippen LogP contribution in [0.15, 0.2) is 165 Å². The molecule has 5 aromatic carbocycles. The van der Waals surface area contributed by atoms with Crippen molar-refractivity contribution in [1.82, 2.24) is 35.1 Å². The van der Waals surface area contributed by atoms with Crippen molar-refractivity contribution in [2.75, 3.05) is 40.1 Å². The van der Waals surface area contributed by atoms with E-state index in [0.717, 1.165) is 67.1 Å². The lowest BCUT2D eigenvalue weighted by Gasteiger charge is -2.17. The van der Waals surface area contributed by atoms with Gasteiger partial charge in [-0.3, -0.25) is 0 Å². The lowest BCUT2D eigenvalue weighted by Crippen LogP contribution is -2.34. The van der Waals surface area contributed by atoms with Crippen molar-refractivity contribution in [2.24, 2.45) is 17.8 Å². The van der Waals surface area contributed by atoms with Crippen LogP contribution in [0.3, 0.4) is 0 Å². The zero-order chi connectivity index (χ0) is 111. The highest BCUT2D eigenvalue weighted by Gasteiger charge is 2.43. The number of aryl methyl sites for hydroxylation is 1. The SMILES string of the molecule is CC(C)COc1ccc(C(C)C)cc1Cl.CC(C)COc1ncc(C(C)C)cc1Cl.CC(C)COc1ncc(C(C)C)cc1Cl.CC(C)Oc1ncc(C(C)C)cc1Cl.CC(C)c1cc(F)c(Cl)cc1-c1ccnnc1.CC(C)c1ccc(F)c(Cl)c1.CC(C)c1ccc(F)c(Cl)c1.CC(C)c1cnc(OCC(F)(F)C(F)F)c(Cl)c1.COc1ccc(C(C)C)cc1Cl.Cc1cc(C(C)C)cnc1OCC(F)(F)C(F)F. The van der Waals surface area contributed by atoms with Gasteiger partial charge in [-0.25, -0.2) is 55.7 Å². The molecule has 0 radical (unpaired) electrons. The van der Waals surface area contributed by atoms with Gasteiger partial charge < -0.3 is 33.2 Å². The number of hydrogen-bond acceptors (Lipinski definition) is 14. The predicted molar refractivity (Wildman–Crippen MR) is 581 cm³/mol. The van der Waals surface area contributed by atoms with Gasteiger partial charge in [0.25, 0.3) is 0 Å². The van der Waals surface area contributed by atoms with Gasteiger partial charge in [0.1, 0.15) is 49.0 Å². The number of methoxy groups -OCH3 is 1. The highest BCUT2D eigenvalue weighted by molar-refractivity contribution is 6.34. The summed E-state index contributed by atoms with van der Waals surface area (Å²) in [6.45, 7) is 58.5. The van der Waals surface area contributed by atoms with E-state index in [0.29, 0.717) is 127 Å². The number of pyridine rings is 5. The van der Waals surface area contributed by atoms with Gasteiger partial charge in [-0.05, 0) is 256 Å². The Kier molecular flexibility index (Phi) is 61.1. The van der Waals surface area contributed by atoms with E-state index in [1.54, 1.807) is 62.8 Å². The van der Waals surface area contributed by atoms with Crippen molar-refractivity contribution in [3.8, 4) is 52.0 Å². The van der Waals surface area contributed by atoms with Crippen LogP contribution in [0.2, 0.25) is 45.2 Å². The zero-order valence-corrected chi connectivity index (χ0v) is 95.7. The maximum Gasteiger partial charge on any atom is 0.340 e. The molecule has 0 saturated carbocycles.